The van der Waals surface area contributed by atoms with Gasteiger partial charge >= 0.3 is 0 Å². The molecular formula is C14H18Cl2N2O. The van der Waals surface area contributed by atoms with E-state index < -0.39 is 0 Å². The number of piperidine rings is 1. The fraction of sp³-hybridized carbons (Fsp3) is 0.500. The van der Waals surface area contributed by atoms with Crippen molar-refractivity contribution >= 4 is 29.1 Å². The van der Waals surface area contributed by atoms with Gasteiger partial charge in [0.05, 0.1) is 0 Å². The number of carbonyl (C=O) groups excluding carboxylic acids is 1. The zero-order chi connectivity index (χ0) is 13.8. The monoisotopic (exact) mass is 300 g/mol. The zero-order valence-electron chi connectivity index (χ0n) is 10.7. The van der Waals surface area contributed by atoms with Crippen molar-refractivity contribution in [3.05, 3.63) is 33.8 Å². The SMILES string of the molecule is NC1CCN(C(=O)CCc2ccc(Cl)cc2Cl)CC1. The highest BCUT2D eigenvalue weighted by molar-refractivity contribution is 6.35. The van der Waals surface area contributed by atoms with E-state index >= 15 is 0 Å². The van der Waals surface area contributed by atoms with Crippen LogP contribution in [0.15, 0.2) is 18.2 Å². The van der Waals surface area contributed by atoms with Gasteiger partial charge in [-0.1, -0.05) is 29.3 Å². The summed E-state index contributed by atoms with van der Waals surface area (Å²) in [7, 11) is 0. The second-order valence-electron chi connectivity index (χ2n) is 4.95. The minimum absolute atomic E-state index is 0.179. The fourth-order valence-corrected chi connectivity index (χ4v) is 2.78. The van der Waals surface area contributed by atoms with Crippen molar-refractivity contribution in [1.82, 2.24) is 4.90 Å². The summed E-state index contributed by atoms with van der Waals surface area (Å²) in [6.07, 6.45) is 2.93. The van der Waals surface area contributed by atoms with Crippen LogP contribution in [-0.2, 0) is 11.2 Å². The van der Waals surface area contributed by atoms with Gasteiger partial charge in [0, 0.05) is 35.6 Å². The molecule has 1 amide bonds. The van der Waals surface area contributed by atoms with Crippen LogP contribution in [0, 0.1) is 0 Å². The summed E-state index contributed by atoms with van der Waals surface area (Å²) in [5.41, 5.74) is 6.79. The molecule has 1 heterocycles. The molecule has 1 aliphatic rings. The Hall–Kier alpha value is -0.770. The molecule has 1 aromatic carbocycles. The number of likely N-dealkylation sites (tertiary alicyclic amines) is 1. The van der Waals surface area contributed by atoms with Gasteiger partial charge in [0.1, 0.15) is 0 Å². The molecule has 0 spiro atoms. The lowest BCUT2D eigenvalue weighted by atomic mass is 10.0. The largest absolute Gasteiger partial charge is 0.343 e. The van der Waals surface area contributed by atoms with E-state index in [0.29, 0.717) is 22.9 Å². The average Bonchev–Trinajstić information content (AvgIpc) is 2.38. The maximum Gasteiger partial charge on any atom is 0.222 e. The lowest BCUT2D eigenvalue weighted by Gasteiger charge is -2.30. The predicted octanol–water partition coefficient (Wildman–Crippen LogP) is 2.88. The number of benzene rings is 1. The molecule has 5 heteroatoms. The molecule has 1 aromatic rings. The quantitative estimate of drug-likeness (QED) is 0.933. The number of nitrogens with zero attached hydrogens (tertiary/aromatic N) is 1. The third-order valence-corrected chi connectivity index (χ3v) is 4.10. The number of rotatable bonds is 3. The molecule has 104 valence electrons. The van der Waals surface area contributed by atoms with Gasteiger partial charge in [-0.25, -0.2) is 0 Å². The van der Waals surface area contributed by atoms with Gasteiger partial charge in [-0.2, -0.15) is 0 Å². The molecule has 2 N–H and O–H groups in total. The zero-order valence-corrected chi connectivity index (χ0v) is 12.3. The maximum atomic E-state index is 12.1. The lowest BCUT2D eigenvalue weighted by Crippen LogP contribution is -2.42. The molecular weight excluding hydrogens is 283 g/mol. The van der Waals surface area contributed by atoms with E-state index in [1.807, 2.05) is 11.0 Å². The molecule has 2 rings (SSSR count). The van der Waals surface area contributed by atoms with Crippen molar-refractivity contribution in [3.63, 3.8) is 0 Å². The predicted molar refractivity (Wildman–Crippen MR) is 78.6 cm³/mol. The third-order valence-electron chi connectivity index (χ3n) is 3.52. The molecule has 1 fully saturated rings. The number of carbonyl (C=O) groups is 1. The molecule has 1 saturated heterocycles. The van der Waals surface area contributed by atoms with Crippen molar-refractivity contribution < 1.29 is 4.79 Å². The number of aryl methyl sites for hydroxylation is 1. The molecule has 0 unspecified atom stereocenters. The Kier molecular flexibility index (Phi) is 5.08. The Morgan fingerprint density at radius 1 is 1.32 bits per heavy atom. The summed E-state index contributed by atoms with van der Waals surface area (Å²) in [6, 6.07) is 5.63. The van der Waals surface area contributed by atoms with Crippen molar-refractivity contribution in [3.8, 4) is 0 Å². The molecule has 0 aromatic heterocycles. The summed E-state index contributed by atoms with van der Waals surface area (Å²) in [4.78, 5) is 14.0. The van der Waals surface area contributed by atoms with E-state index in [-0.39, 0.29) is 11.9 Å². The molecule has 19 heavy (non-hydrogen) atoms. The van der Waals surface area contributed by atoms with E-state index in [1.165, 1.54) is 0 Å². The van der Waals surface area contributed by atoms with Crippen LogP contribution in [0.25, 0.3) is 0 Å². The third kappa shape index (κ3) is 4.10. The summed E-state index contributed by atoms with van der Waals surface area (Å²) in [5.74, 6) is 0.179. The Balaban J connectivity index is 1.86. The van der Waals surface area contributed by atoms with Crippen molar-refractivity contribution in [2.24, 2.45) is 5.73 Å². The lowest BCUT2D eigenvalue weighted by molar-refractivity contribution is -0.132. The Morgan fingerprint density at radius 2 is 2.00 bits per heavy atom. The Labute approximate surface area is 123 Å². The second kappa shape index (κ2) is 6.60. The van der Waals surface area contributed by atoms with Gasteiger partial charge in [-0.15, -0.1) is 0 Å². The number of hydrogen-bond acceptors (Lipinski definition) is 2. The maximum absolute atomic E-state index is 12.1. The van der Waals surface area contributed by atoms with Gasteiger partial charge < -0.3 is 10.6 Å². The molecule has 1 aliphatic heterocycles. The first-order chi connectivity index (χ1) is 9.06. The Morgan fingerprint density at radius 3 is 2.63 bits per heavy atom. The van der Waals surface area contributed by atoms with Crippen LogP contribution >= 0.6 is 23.2 Å². The van der Waals surface area contributed by atoms with Gasteiger partial charge in [-0.3, -0.25) is 4.79 Å². The molecule has 0 radical (unpaired) electrons. The minimum atomic E-state index is 0.179. The highest BCUT2D eigenvalue weighted by Gasteiger charge is 2.20. The van der Waals surface area contributed by atoms with Crippen molar-refractivity contribution in [2.45, 2.75) is 31.7 Å². The van der Waals surface area contributed by atoms with E-state index in [0.717, 1.165) is 31.5 Å². The van der Waals surface area contributed by atoms with E-state index in [1.54, 1.807) is 12.1 Å². The van der Waals surface area contributed by atoms with Gasteiger partial charge in [0.15, 0.2) is 0 Å². The van der Waals surface area contributed by atoms with Crippen LogP contribution in [-0.4, -0.2) is 29.9 Å². The Bertz CT molecular complexity index is 457. The number of halogens is 2. The number of amides is 1. The van der Waals surface area contributed by atoms with Crippen LogP contribution in [0.1, 0.15) is 24.8 Å². The standard InChI is InChI=1S/C14H18Cl2N2O/c15-11-3-1-10(13(16)9-11)2-4-14(19)18-7-5-12(17)6-8-18/h1,3,9,12H,2,4-8,17H2. The highest BCUT2D eigenvalue weighted by atomic mass is 35.5. The van der Waals surface area contributed by atoms with Crippen LogP contribution in [0.5, 0.6) is 0 Å². The van der Waals surface area contributed by atoms with Crippen LogP contribution in [0.4, 0.5) is 0 Å². The molecule has 0 aliphatic carbocycles. The summed E-state index contributed by atoms with van der Waals surface area (Å²) < 4.78 is 0. The summed E-state index contributed by atoms with van der Waals surface area (Å²) in [6.45, 7) is 1.54. The average molecular weight is 301 g/mol. The number of hydrogen-bond donors (Lipinski definition) is 1. The smallest absolute Gasteiger partial charge is 0.222 e. The van der Waals surface area contributed by atoms with Crippen LogP contribution < -0.4 is 5.73 Å². The van der Waals surface area contributed by atoms with Crippen LogP contribution in [0.3, 0.4) is 0 Å². The van der Waals surface area contributed by atoms with Gasteiger partial charge in [0.2, 0.25) is 5.91 Å². The topological polar surface area (TPSA) is 46.3 Å². The van der Waals surface area contributed by atoms with Crippen LogP contribution in [0.2, 0.25) is 10.0 Å². The van der Waals surface area contributed by atoms with Crippen molar-refractivity contribution in [2.75, 3.05) is 13.1 Å². The summed E-state index contributed by atoms with van der Waals surface area (Å²) >= 11 is 11.9. The highest BCUT2D eigenvalue weighted by Crippen LogP contribution is 2.22. The van der Waals surface area contributed by atoms with E-state index in [2.05, 4.69) is 0 Å². The molecule has 0 bridgehead atoms. The fourth-order valence-electron chi connectivity index (χ4n) is 2.27. The minimum Gasteiger partial charge on any atom is -0.343 e. The van der Waals surface area contributed by atoms with Crippen molar-refractivity contribution in [1.29, 1.82) is 0 Å². The first kappa shape index (κ1) is 14.6. The molecule has 0 saturated carbocycles. The normalized spacial score (nSPS) is 16.7. The van der Waals surface area contributed by atoms with E-state index in [9.17, 15) is 4.79 Å². The van der Waals surface area contributed by atoms with E-state index in [4.69, 9.17) is 28.9 Å². The molecule has 3 nitrogen and oxygen atoms in total. The van der Waals surface area contributed by atoms with Gasteiger partial charge in [-0.05, 0) is 37.0 Å². The van der Waals surface area contributed by atoms with Gasteiger partial charge in [0.25, 0.3) is 0 Å². The number of nitrogens with two attached hydrogens (primary N) is 1. The first-order valence-corrected chi connectivity index (χ1v) is 7.29. The first-order valence-electron chi connectivity index (χ1n) is 6.53. The molecule has 0 atom stereocenters. The second-order valence-corrected chi connectivity index (χ2v) is 5.80. The summed E-state index contributed by atoms with van der Waals surface area (Å²) in [5, 5.41) is 1.24.